The molecule has 1 N–H and O–H groups in total. The van der Waals surface area contributed by atoms with Gasteiger partial charge in [-0.15, -0.1) is 0 Å². The summed E-state index contributed by atoms with van der Waals surface area (Å²) in [4.78, 5) is 41.6. The van der Waals surface area contributed by atoms with Crippen molar-refractivity contribution in [3.63, 3.8) is 0 Å². The molecule has 0 saturated carbocycles. The van der Waals surface area contributed by atoms with Crippen LogP contribution in [0.15, 0.2) is 52.4 Å². The first-order chi connectivity index (χ1) is 15.4. The summed E-state index contributed by atoms with van der Waals surface area (Å²) in [6.45, 7) is 2.66. The maximum atomic E-state index is 12.9. The quantitative estimate of drug-likeness (QED) is 0.286. The van der Waals surface area contributed by atoms with Crippen molar-refractivity contribution in [3.8, 4) is 0 Å². The van der Waals surface area contributed by atoms with Crippen molar-refractivity contribution in [3.05, 3.63) is 63.4 Å². The summed E-state index contributed by atoms with van der Waals surface area (Å²) in [6.07, 6.45) is 0. The number of benzene rings is 2. The first-order valence-corrected chi connectivity index (χ1v) is 11.2. The number of ether oxygens (including phenoxy) is 2. The van der Waals surface area contributed by atoms with Crippen LogP contribution in [-0.2, 0) is 20.8 Å². The fraction of sp³-hybridized carbons (Fsp3) is 0.273. The Morgan fingerprint density at radius 3 is 2.62 bits per heavy atom. The highest BCUT2D eigenvalue weighted by molar-refractivity contribution is 7.99. The summed E-state index contributed by atoms with van der Waals surface area (Å²) in [7, 11) is 1.55. The van der Waals surface area contributed by atoms with E-state index in [0.29, 0.717) is 52.1 Å². The number of nitrogens with zero attached hydrogens (tertiary/aromatic N) is 2. The van der Waals surface area contributed by atoms with E-state index in [1.165, 1.54) is 4.57 Å². The van der Waals surface area contributed by atoms with Crippen LogP contribution in [0.3, 0.4) is 0 Å². The summed E-state index contributed by atoms with van der Waals surface area (Å²) < 4.78 is 11.5. The lowest BCUT2D eigenvalue weighted by molar-refractivity contribution is -0.113. The summed E-state index contributed by atoms with van der Waals surface area (Å²) in [5.41, 5.74) is 1.19. The number of methoxy groups -OCH3 is 1. The topological polar surface area (TPSA) is 99.5 Å². The van der Waals surface area contributed by atoms with Gasteiger partial charge in [-0.25, -0.2) is 9.78 Å². The molecule has 1 aromatic heterocycles. The second kappa shape index (κ2) is 11.1. The number of carbonyl (C=O) groups is 2. The maximum absolute atomic E-state index is 12.9. The smallest absolute Gasteiger partial charge is 0.338 e. The van der Waals surface area contributed by atoms with Crippen LogP contribution in [0.5, 0.6) is 0 Å². The Bertz CT molecular complexity index is 1180. The van der Waals surface area contributed by atoms with Gasteiger partial charge in [-0.05, 0) is 49.4 Å². The van der Waals surface area contributed by atoms with Gasteiger partial charge in [-0.1, -0.05) is 23.4 Å². The van der Waals surface area contributed by atoms with Gasteiger partial charge >= 0.3 is 5.97 Å². The average Bonchev–Trinajstić information content (AvgIpc) is 2.77. The molecule has 0 saturated heterocycles. The average molecular weight is 476 g/mol. The van der Waals surface area contributed by atoms with Crippen LogP contribution in [0, 0.1) is 0 Å². The maximum Gasteiger partial charge on any atom is 0.338 e. The van der Waals surface area contributed by atoms with E-state index in [9.17, 15) is 14.4 Å². The first kappa shape index (κ1) is 23.8. The van der Waals surface area contributed by atoms with Crippen LogP contribution in [0.25, 0.3) is 10.9 Å². The van der Waals surface area contributed by atoms with Gasteiger partial charge in [0, 0.05) is 17.8 Å². The van der Waals surface area contributed by atoms with Crippen molar-refractivity contribution in [1.29, 1.82) is 0 Å². The summed E-state index contributed by atoms with van der Waals surface area (Å²) in [5, 5.41) is 4.08. The monoisotopic (exact) mass is 475 g/mol. The predicted molar refractivity (Wildman–Crippen MR) is 125 cm³/mol. The third kappa shape index (κ3) is 5.87. The minimum atomic E-state index is -0.419. The molecule has 2 aromatic carbocycles. The van der Waals surface area contributed by atoms with Crippen molar-refractivity contribution in [2.24, 2.45) is 0 Å². The highest BCUT2D eigenvalue weighted by Gasteiger charge is 2.14. The Morgan fingerprint density at radius 1 is 1.19 bits per heavy atom. The molecule has 3 aromatic rings. The second-order valence-corrected chi connectivity index (χ2v) is 8.02. The number of rotatable bonds is 9. The van der Waals surface area contributed by atoms with E-state index >= 15 is 0 Å². The lowest BCUT2D eigenvalue weighted by atomic mass is 10.2. The lowest BCUT2D eigenvalue weighted by Crippen LogP contribution is -2.26. The zero-order valence-electron chi connectivity index (χ0n) is 17.6. The molecule has 1 amide bonds. The standard InChI is InChI=1S/C22H22ClN3O5S/c1-3-31-21(29)14-4-7-16(8-5-14)24-19(27)13-32-22-25-18-12-15(23)6-9-17(18)20(28)26(22)10-11-30-2/h4-9,12H,3,10-11,13H2,1-2H3,(H,24,27). The Balaban J connectivity index is 1.73. The highest BCUT2D eigenvalue weighted by atomic mass is 35.5. The molecule has 3 rings (SSSR count). The zero-order valence-corrected chi connectivity index (χ0v) is 19.2. The molecule has 10 heteroatoms. The van der Waals surface area contributed by atoms with Crippen LogP contribution in [-0.4, -0.2) is 47.5 Å². The van der Waals surface area contributed by atoms with Gasteiger partial charge in [0.05, 0.1) is 42.0 Å². The molecule has 168 valence electrons. The molecule has 1 heterocycles. The van der Waals surface area contributed by atoms with Crippen molar-refractivity contribution in [2.45, 2.75) is 18.6 Å². The minimum Gasteiger partial charge on any atom is -0.462 e. The van der Waals surface area contributed by atoms with Gasteiger partial charge < -0.3 is 14.8 Å². The van der Waals surface area contributed by atoms with E-state index in [-0.39, 0.29) is 17.2 Å². The molecule has 0 aliphatic rings. The number of hydrogen-bond donors (Lipinski definition) is 1. The highest BCUT2D eigenvalue weighted by Crippen LogP contribution is 2.21. The fourth-order valence-corrected chi connectivity index (χ4v) is 3.89. The molecular formula is C22H22ClN3O5S. The zero-order chi connectivity index (χ0) is 23.1. The Morgan fingerprint density at radius 2 is 1.94 bits per heavy atom. The molecule has 0 bridgehead atoms. The molecular weight excluding hydrogens is 454 g/mol. The van der Waals surface area contributed by atoms with E-state index < -0.39 is 5.97 Å². The number of anilines is 1. The van der Waals surface area contributed by atoms with Crippen molar-refractivity contribution in [2.75, 3.05) is 31.4 Å². The molecule has 0 atom stereocenters. The van der Waals surface area contributed by atoms with Gasteiger partial charge in [0.2, 0.25) is 5.91 Å². The molecule has 32 heavy (non-hydrogen) atoms. The molecule has 8 nitrogen and oxygen atoms in total. The molecule has 0 unspecified atom stereocenters. The van der Waals surface area contributed by atoms with Gasteiger partial charge in [-0.2, -0.15) is 0 Å². The number of esters is 1. The van der Waals surface area contributed by atoms with E-state index in [4.69, 9.17) is 21.1 Å². The van der Waals surface area contributed by atoms with Crippen molar-refractivity contribution in [1.82, 2.24) is 9.55 Å². The molecule has 0 spiro atoms. The Hall–Kier alpha value is -2.88. The summed E-state index contributed by atoms with van der Waals surface area (Å²) in [5.74, 6) is -0.666. The number of thioether (sulfide) groups is 1. The van der Waals surface area contributed by atoms with Crippen LogP contribution in [0.2, 0.25) is 5.02 Å². The van der Waals surface area contributed by atoms with Crippen molar-refractivity contribution >= 4 is 51.8 Å². The second-order valence-electron chi connectivity index (χ2n) is 6.64. The van der Waals surface area contributed by atoms with Crippen LogP contribution >= 0.6 is 23.4 Å². The van der Waals surface area contributed by atoms with Crippen LogP contribution in [0.1, 0.15) is 17.3 Å². The molecule has 0 aliphatic carbocycles. The van der Waals surface area contributed by atoms with E-state index in [0.717, 1.165) is 11.8 Å². The first-order valence-electron chi connectivity index (χ1n) is 9.81. The number of fused-ring (bicyclic) bond motifs is 1. The fourth-order valence-electron chi connectivity index (χ4n) is 2.90. The van der Waals surface area contributed by atoms with Crippen LogP contribution in [0.4, 0.5) is 5.69 Å². The number of halogens is 1. The van der Waals surface area contributed by atoms with Gasteiger partial charge in [0.1, 0.15) is 0 Å². The third-order valence-corrected chi connectivity index (χ3v) is 5.63. The van der Waals surface area contributed by atoms with Gasteiger partial charge in [-0.3, -0.25) is 14.2 Å². The molecule has 0 radical (unpaired) electrons. The van der Waals surface area contributed by atoms with E-state index in [1.807, 2.05) is 0 Å². The number of carbonyl (C=O) groups excluding carboxylic acids is 2. The summed E-state index contributed by atoms with van der Waals surface area (Å²) >= 11 is 7.19. The number of amides is 1. The number of hydrogen-bond acceptors (Lipinski definition) is 7. The Kier molecular flexibility index (Phi) is 8.26. The largest absolute Gasteiger partial charge is 0.462 e. The van der Waals surface area contributed by atoms with Crippen molar-refractivity contribution < 1.29 is 19.1 Å². The summed E-state index contributed by atoms with van der Waals surface area (Å²) in [6, 6.07) is 11.3. The van der Waals surface area contributed by atoms with E-state index in [2.05, 4.69) is 10.3 Å². The number of aromatic nitrogens is 2. The number of nitrogens with one attached hydrogen (secondary N) is 1. The van der Waals surface area contributed by atoms with Gasteiger partial charge in [0.15, 0.2) is 5.16 Å². The van der Waals surface area contributed by atoms with Gasteiger partial charge in [0.25, 0.3) is 5.56 Å². The Labute approximate surface area is 193 Å². The lowest BCUT2D eigenvalue weighted by Gasteiger charge is -2.13. The minimum absolute atomic E-state index is 0.0329. The SMILES string of the molecule is CCOC(=O)c1ccc(NC(=O)CSc2nc3cc(Cl)ccc3c(=O)n2CCOC)cc1. The predicted octanol–water partition coefficient (Wildman–Crippen LogP) is 3.60. The van der Waals surface area contributed by atoms with Crippen LogP contribution < -0.4 is 10.9 Å². The normalized spacial score (nSPS) is 10.8. The molecule has 0 fully saturated rings. The molecule has 0 aliphatic heterocycles. The van der Waals surface area contributed by atoms with E-state index in [1.54, 1.807) is 56.5 Å². The third-order valence-electron chi connectivity index (χ3n) is 4.41.